The molecule has 318 valence electrons. The fraction of sp³-hybridized carbons (Fsp3) is 0.732. The number of esters is 1. The summed E-state index contributed by atoms with van der Waals surface area (Å²) in [6, 6.07) is 7.97. The summed E-state index contributed by atoms with van der Waals surface area (Å²) in [4.78, 5) is 39.8. The Kier molecular flexibility index (Phi) is 16.7. The number of rotatable bonds is 16. The Morgan fingerprint density at radius 2 is 1.61 bits per heavy atom. The predicted molar refractivity (Wildman–Crippen MR) is 200 cm³/mol. The summed E-state index contributed by atoms with van der Waals surface area (Å²) in [5, 5.41) is 66.9. The van der Waals surface area contributed by atoms with Gasteiger partial charge in [0, 0.05) is 18.9 Å². The Balaban J connectivity index is 1.48. The van der Waals surface area contributed by atoms with Crippen LogP contribution in [0, 0.1) is 30.1 Å². The molecule has 1 aromatic carbocycles. The number of unbranched alkanes of at least 4 members (excludes halogenated alkanes) is 1. The molecule has 0 unspecified atom stereocenters. The summed E-state index contributed by atoms with van der Waals surface area (Å²) in [6.07, 6.45) is -6.83. The topological polar surface area (TPSA) is 240 Å². The summed E-state index contributed by atoms with van der Waals surface area (Å²) < 4.78 is 37.0. The number of aliphatic carboxylic acids is 1. The standard InChI is InChI=1S/C41H59NO15/c1-4-5-12-17-42-37(48)26-18-22(2)34(57-40-33(47)32(46)30(44)23(3)52-40)27(20-26)54-41-36(56-39(51)25-15-10-7-11-16-25)35(31(45)29(21-43)55-41)53-28(38(49)50)19-24-13-8-6-9-14-24/h1,7,10-11,15-16,22-24,26-36,40-41,43-47H,5-6,8-9,12-14,17-21H2,2-3H3,(H,42,48)(H,49,50)/t22-,23-,26+,27+,28-,29+,30+,31-,32+,33-,34+,35-,36+,40-,41+/m0/s1. The highest BCUT2D eigenvalue weighted by atomic mass is 16.7. The third kappa shape index (κ3) is 11.5. The Morgan fingerprint density at radius 1 is 0.895 bits per heavy atom. The molecule has 5 rings (SSSR count). The van der Waals surface area contributed by atoms with Gasteiger partial charge in [0.2, 0.25) is 5.91 Å². The van der Waals surface area contributed by atoms with Crippen LogP contribution in [0.5, 0.6) is 0 Å². The summed E-state index contributed by atoms with van der Waals surface area (Å²) in [7, 11) is 0. The first-order chi connectivity index (χ1) is 27.3. The van der Waals surface area contributed by atoms with Crippen molar-refractivity contribution in [3.05, 3.63) is 35.9 Å². The average molecular weight is 806 g/mol. The highest BCUT2D eigenvalue weighted by Gasteiger charge is 2.53. The van der Waals surface area contributed by atoms with Crippen LogP contribution in [0.2, 0.25) is 0 Å². The molecule has 2 saturated carbocycles. The molecule has 4 fully saturated rings. The maximum absolute atomic E-state index is 13.7. The lowest BCUT2D eigenvalue weighted by Gasteiger charge is -2.48. The van der Waals surface area contributed by atoms with E-state index in [2.05, 4.69) is 11.2 Å². The van der Waals surface area contributed by atoms with Gasteiger partial charge in [-0.25, -0.2) is 9.59 Å². The minimum absolute atomic E-state index is 0.00996. The molecule has 57 heavy (non-hydrogen) atoms. The minimum Gasteiger partial charge on any atom is -0.479 e. The number of amides is 1. The van der Waals surface area contributed by atoms with E-state index in [0.29, 0.717) is 25.8 Å². The fourth-order valence-corrected chi connectivity index (χ4v) is 8.36. The molecule has 0 bridgehead atoms. The first-order valence-electron chi connectivity index (χ1n) is 20.1. The van der Waals surface area contributed by atoms with Crippen LogP contribution in [-0.4, -0.2) is 141 Å². The van der Waals surface area contributed by atoms with Crippen molar-refractivity contribution in [3.8, 4) is 12.3 Å². The molecule has 16 nitrogen and oxygen atoms in total. The first-order valence-corrected chi connectivity index (χ1v) is 20.1. The third-order valence-corrected chi connectivity index (χ3v) is 11.6. The Bertz CT molecular complexity index is 1490. The molecule has 2 aliphatic carbocycles. The molecule has 2 heterocycles. The molecule has 0 aromatic heterocycles. The van der Waals surface area contributed by atoms with Gasteiger partial charge in [-0.3, -0.25) is 4.79 Å². The Hall–Kier alpha value is -3.21. The second kappa shape index (κ2) is 21.2. The van der Waals surface area contributed by atoms with Gasteiger partial charge in [0.15, 0.2) is 24.8 Å². The van der Waals surface area contributed by atoms with Crippen LogP contribution in [0.25, 0.3) is 0 Å². The van der Waals surface area contributed by atoms with Gasteiger partial charge in [-0.1, -0.05) is 57.2 Å². The largest absolute Gasteiger partial charge is 0.479 e. The maximum atomic E-state index is 13.7. The normalized spacial score (nSPS) is 36.7. The lowest BCUT2D eigenvalue weighted by molar-refractivity contribution is -0.349. The number of terminal acetylenes is 1. The van der Waals surface area contributed by atoms with Crippen LogP contribution in [0.3, 0.4) is 0 Å². The van der Waals surface area contributed by atoms with Crippen LogP contribution in [0.4, 0.5) is 0 Å². The number of aliphatic hydroxyl groups excluding tert-OH is 5. The van der Waals surface area contributed by atoms with Crippen LogP contribution in [0.1, 0.15) is 88.4 Å². The van der Waals surface area contributed by atoms with Gasteiger partial charge in [-0.05, 0) is 56.6 Å². The SMILES string of the molecule is C#CCCCNC(=O)[C@@H]1C[C@H](C)[C@@H](O[C@@H]2O[C@@H](C)[C@@H](O)[C@@H](O)[C@@H]2O)[C@H](O[C@@H]2O[C@H](CO)[C@H](O)[C@H](O[C@@H](CC3CCCCC3)C(=O)O)[C@H]2OC(=O)c2ccccc2)C1. The maximum Gasteiger partial charge on any atom is 0.338 e. The lowest BCUT2D eigenvalue weighted by atomic mass is 9.77. The van der Waals surface area contributed by atoms with E-state index in [1.165, 1.54) is 19.1 Å². The molecule has 0 radical (unpaired) electrons. The van der Waals surface area contributed by atoms with Crippen molar-refractivity contribution < 1.29 is 73.4 Å². The third-order valence-electron chi connectivity index (χ3n) is 11.6. The quantitative estimate of drug-likeness (QED) is 0.0708. The van der Waals surface area contributed by atoms with E-state index in [1.54, 1.807) is 25.1 Å². The Morgan fingerprint density at radius 3 is 2.28 bits per heavy atom. The van der Waals surface area contributed by atoms with E-state index in [4.69, 9.17) is 34.8 Å². The monoisotopic (exact) mass is 805 g/mol. The van der Waals surface area contributed by atoms with Crippen molar-refractivity contribution >= 4 is 17.8 Å². The van der Waals surface area contributed by atoms with E-state index in [-0.39, 0.29) is 30.2 Å². The number of nitrogens with one attached hydrogen (secondary N) is 1. The number of carboxylic acids is 1. The number of carbonyl (C=O) groups excluding carboxylic acids is 2. The number of hydrogen-bond donors (Lipinski definition) is 7. The van der Waals surface area contributed by atoms with Gasteiger partial charge in [0.1, 0.15) is 36.6 Å². The Labute approximate surface area is 333 Å². The number of benzene rings is 1. The van der Waals surface area contributed by atoms with Gasteiger partial charge in [0.05, 0.1) is 30.5 Å². The van der Waals surface area contributed by atoms with Gasteiger partial charge in [0.25, 0.3) is 0 Å². The van der Waals surface area contributed by atoms with Crippen molar-refractivity contribution in [1.82, 2.24) is 5.32 Å². The molecule has 2 saturated heterocycles. The van der Waals surface area contributed by atoms with Crippen molar-refractivity contribution in [3.63, 3.8) is 0 Å². The smallest absolute Gasteiger partial charge is 0.338 e. The van der Waals surface area contributed by atoms with Crippen molar-refractivity contribution in [2.45, 2.75) is 158 Å². The first kappa shape index (κ1) is 44.9. The van der Waals surface area contributed by atoms with Gasteiger partial charge < -0.3 is 64.4 Å². The summed E-state index contributed by atoms with van der Waals surface area (Å²) in [6.45, 7) is 2.90. The zero-order valence-corrected chi connectivity index (χ0v) is 32.5. The number of hydrogen-bond acceptors (Lipinski definition) is 14. The zero-order chi connectivity index (χ0) is 41.2. The number of carboxylic acid groups (broad SMARTS) is 1. The molecule has 4 aliphatic rings. The lowest BCUT2D eigenvalue weighted by Crippen LogP contribution is -2.64. The molecule has 1 amide bonds. The van der Waals surface area contributed by atoms with Crippen molar-refractivity contribution in [1.29, 1.82) is 0 Å². The van der Waals surface area contributed by atoms with E-state index < -0.39 is 110 Å². The highest BCUT2D eigenvalue weighted by Crippen LogP contribution is 2.39. The molecular formula is C41H59NO15. The summed E-state index contributed by atoms with van der Waals surface area (Å²) in [5.74, 6) is -0.911. The predicted octanol–water partition coefficient (Wildman–Crippen LogP) is 1.27. The van der Waals surface area contributed by atoms with Gasteiger partial charge in [-0.2, -0.15) is 0 Å². The van der Waals surface area contributed by atoms with Crippen LogP contribution in [0.15, 0.2) is 30.3 Å². The second-order valence-corrected chi connectivity index (χ2v) is 15.8. The van der Waals surface area contributed by atoms with Crippen molar-refractivity contribution in [2.75, 3.05) is 13.2 Å². The summed E-state index contributed by atoms with van der Waals surface area (Å²) in [5.41, 5.74) is 0.137. The van der Waals surface area contributed by atoms with E-state index in [0.717, 1.165) is 32.1 Å². The van der Waals surface area contributed by atoms with Crippen LogP contribution < -0.4 is 5.32 Å². The van der Waals surface area contributed by atoms with Crippen molar-refractivity contribution in [2.24, 2.45) is 17.8 Å². The second-order valence-electron chi connectivity index (χ2n) is 15.8. The highest BCUT2D eigenvalue weighted by molar-refractivity contribution is 5.89. The minimum atomic E-state index is -1.67. The molecule has 7 N–H and O–H groups in total. The summed E-state index contributed by atoms with van der Waals surface area (Å²) >= 11 is 0. The van der Waals surface area contributed by atoms with E-state index in [1.807, 2.05) is 0 Å². The number of ether oxygens (including phenoxy) is 6. The molecule has 2 aliphatic heterocycles. The molecular weight excluding hydrogens is 746 g/mol. The fourth-order valence-electron chi connectivity index (χ4n) is 8.36. The zero-order valence-electron chi connectivity index (χ0n) is 32.5. The van der Waals surface area contributed by atoms with E-state index in [9.17, 15) is 45.0 Å². The van der Waals surface area contributed by atoms with Gasteiger partial charge >= 0.3 is 11.9 Å². The van der Waals surface area contributed by atoms with Crippen LogP contribution in [-0.2, 0) is 38.0 Å². The number of aliphatic hydroxyl groups is 5. The molecule has 15 atom stereocenters. The average Bonchev–Trinajstić information content (AvgIpc) is 3.20. The molecule has 0 spiro atoms. The molecule has 1 aromatic rings. The molecule has 16 heteroatoms. The van der Waals surface area contributed by atoms with Gasteiger partial charge in [-0.15, -0.1) is 12.3 Å². The van der Waals surface area contributed by atoms with Crippen LogP contribution >= 0.6 is 0 Å². The number of carbonyl (C=O) groups is 3. The van der Waals surface area contributed by atoms with E-state index >= 15 is 0 Å².